The van der Waals surface area contributed by atoms with Gasteiger partial charge in [-0.3, -0.25) is 0 Å². The zero-order valence-electron chi connectivity index (χ0n) is 8.90. The van der Waals surface area contributed by atoms with E-state index in [2.05, 4.69) is 28.1 Å². The van der Waals surface area contributed by atoms with Crippen LogP contribution in [0.1, 0.15) is 36.8 Å². The second kappa shape index (κ2) is 3.28. The zero-order chi connectivity index (χ0) is 11.4. The second-order valence-corrected chi connectivity index (χ2v) is 6.03. The first-order valence-electron chi connectivity index (χ1n) is 5.68. The molecule has 1 fully saturated rings. The van der Waals surface area contributed by atoms with Crippen LogP contribution in [-0.2, 0) is 11.8 Å². The number of fused-ring (bicyclic) bond motifs is 2. The van der Waals surface area contributed by atoms with Gasteiger partial charge in [0.15, 0.2) is 0 Å². The minimum Gasteiger partial charge on any atom is -0.207 e. The SMILES string of the molecule is FC1(F)CCC2(CC1)Cc1ccc(Br)cc12. The number of hydrogen-bond acceptors (Lipinski definition) is 0. The van der Waals surface area contributed by atoms with E-state index in [0.29, 0.717) is 12.8 Å². The molecule has 0 atom stereocenters. The Kier molecular flexibility index (Phi) is 2.19. The Morgan fingerprint density at radius 1 is 1.06 bits per heavy atom. The third-order valence-electron chi connectivity index (χ3n) is 4.11. The van der Waals surface area contributed by atoms with Crippen LogP contribution in [0.5, 0.6) is 0 Å². The molecule has 2 aliphatic carbocycles. The molecule has 0 aromatic heterocycles. The molecule has 16 heavy (non-hydrogen) atoms. The Labute approximate surface area is 102 Å². The highest BCUT2D eigenvalue weighted by atomic mass is 79.9. The van der Waals surface area contributed by atoms with Gasteiger partial charge in [0, 0.05) is 22.7 Å². The monoisotopic (exact) mass is 286 g/mol. The van der Waals surface area contributed by atoms with Crippen molar-refractivity contribution in [2.24, 2.45) is 0 Å². The quantitative estimate of drug-likeness (QED) is 0.661. The summed E-state index contributed by atoms with van der Waals surface area (Å²) in [6.45, 7) is 0. The molecule has 3 rings (SSSR count). The van der Waals surface area contributed by atoms with Gasteiger partial charge in [0.1, 0.15) is 0 Å². The van der Waals surface area contributed by atoms with Gasteiger partial charge in [0.05, 0.1) is 0 Å². The van der Waals surface area contributed by atoms with Gasteiger partial charge < -0.3 is 0 Å². The van der Waals surface area contributed by atoms with E-state index in [1.165, 1.54) is 11.1 Å². The molecule has 0 radical (unpaired) electrons. The Balaban J connectivity index is 1.89. The molecule has 1 spiro atoms. The highest BCUT2D eigenvalue weighted by Crippen LogP contribution is 2.54. The first-order chi connectivity index (χ1) is 7.51. The van der Waals surface area contributed by atoms with Gasteiger partial charge in [-0.2, -0.15) is 0 Å². The van der Waals surface area contributed by atoms with E-state index >= 15 is 0 Å². The van der Waals surface area contributed by atoms with Crippen LogP contribution in [0.3, 0.4) is 0 Å². The molecule has 86 valence electrons. The summed E-state index contributed by atoms with van der Waals surface area (Å²) in [5, 5.41) is 0. The first-order valence-corrected chi connectivity index (χ1v) is 6.47. The van der Waals surface area contributed by atoms with E-state index in [-0.39, 0.29) is 18.3 Å². The van der Waals surface area contributed by atoms with Gasteiger partial charge in [-0.25, -0.2) is 8.78 Å². The van der Waals surface area contributed by atoms with Gasteiger partial charge in [-0.05, 0) is 42.5 Å². The molecular weight excluding hydrogens is 274 g/mol. The van der Waals surface area contributed by atoms with Crippen LogP contribution in [0.25, 0.3) is 0 Å². The molecule has 0 saturated heterocycles. The standard InChI is InChI=1S/C13H13BrF2/c14-10-2-1-9-8-12(11(9)7-10)3-5-13(15,16)6-4-12/h1-2,7H,3-6,8H2. The summed E-state index contributed by atoms with van der Waals surface area (Å²) in [6.07, 6.45) is 2.39. The summed E-state index contributed by atoms with van der Waals surface area (Å²) < 4.78 is 27.4. The summed E-state index contributed by atoms with van der Waals surface area (Å²) >= 11 is 3.45. The fraction of sp³-hybridized carbons (Fsp3) is 0.538. The summed E-state index contributed by atoms with van der Waals surface area (Å²) in [6, 6.07) is 6.25. The van der Waals surface area contributed by atoms with Crippen molar-refractivity contribution in [3.8, 4) is 0 Å². The maximum Gasteiger partial charge on any atom is 0.248 e. The summed E-state index contributed by atoms with van der Waals surface area (Å²) in [5.74, 6) is -2.42. The fourth-order valence-electron chi connectivity index (χ4n) is 3.09. The number of benzene rings is 1. The largest absolute Gasteiger partial charge is 0.248 e. The van der Waals surface area contributed by atoms with E-state index in [1.54, 1.807) is 0 Å². The zero-order valence-corrected chi connectivity index (χ0v) is 10.5. The minimum absolute atomic E-state index is 0.0545. The molecule has 2 aliphatic rings. The fourth-order valence-corrected chi connectivity index (χ4v) is 3.45. The average molecular weight is 287 g/mol. The van der Waals surface area contributed by atoms with Crippen LogP contribution in [0, 0.1) is 0 Å². The van der Waals surface area contributed by atoms with Gasteiger partial charge in [-0.15, -0.1) is 0 Å². The third kappa shape index (κ3) is 1.52. The van der Waals surface area contributed by atoms with Gasteiger partial charge in [-0.1, -0.05) is 22.0 Å². The summed E-state index contributed by atoms with van der Waals surface area (Å²) in [4.78, 5) is 0. The Morgan fingerprint density at radius 2 is 1.75 bits per heavy atom. The number of alkyl halides is 2. The topological polar surface area (TPSA) is 0 Å². The predicted octanol–water partition coefficient (Wildman–Crippen LogP) is 4.45. The van der Waals surface area contributed by atoms with Crippen LogP contribution < -0.4 is 0 Å². The van der Waals surface area contributed by atoms with E-state index in [4.69, 9.17) is 0 Å². The molecule has 0 heterocycles. The van der Waals surface area contributed by atoms with Crippen molar-refractivity contribution in [3.05, 3.63) is 33.8 Å². The van der Waals surface area contributed by atoms with E-state index in [0.717, 1.165) is 10.9 Å². The van der Waals surface area contributed by atoms with Crippen molar-refractivity contribution < 1.29 is 8.78 Å². The maximum atomic E-state index is 13.2. The Bertz CT molecular complexity index is 430. The van der Waals surface area contributed by atoms with Gasteiger partial charge >= 0.3 is 0 Å². The minimum atomic E-state index is -2.42. The molecule has 1 aromatic rings. The molecule has 0 amide bonds. The lowest BCUT2D eigenvalue weighted by Crippen LogP contribution is -2.44. The number of halogens is 3. The Hall–Kier alpha value is -0.440. The van der Waals surface area contributed by atoms with Crippen LogP contribution in [0.2, 0.25) is 0 Å². The average Bonchev–Trinajstić information content (AvgIpc) is 2.22. The van der Waals surface area contributed by atoms with Gasteiger partial charge in [0.25, 0.3) is 0 Å². The van der Waals surface area contributed by atoms with E-state index in [1.807, 2.05) is 6.07 Å². The molecule has 0 bridgehead atoms. The molecule has 0 unspecified atom stereocenters. The lowest BCUT2D eigenvalue weighted by atomic mass is 9.57. The van der Waals surface area contributed by atoms with Crippen molar-refractivity contribution >= 4 is 15.9 Å². The van der Waals surface area contributed by atoms with Crippen molar-refractivity contribution in [1.29, 1.82) is 0 Å². The Morgan fingerprint density at radius 3 is 2.44 bits per heavy atom. The van der Waals surface area contributed by atoms with Gasteiger partial charge in [0.2, 0.25) is 5.92 Å². The normalized spacial score (nSPS) is 24.9. The molecule has 3 heteroatoms. The van der Waals surface area contributed by atoms with Crippen molar-refractivity contribution in [1.82, 2.24) is 0 Å². The first kappa shape index (κ1) is 10.7. The smallest absolute Gasteiger partial charge is 0.207 e. The molecule has 0 N–H and O–H groups in total. The maximum absolute atomic E-state index is 13.2. The second-order valence-electron chi connectivity index (χ2n) is 5.11. The van der Waals surface area contributed by atoms with E-state index in [9.17, 15) is 8.78 Å². The number of rotatable bonds is 0. The van der Waals surface area contributed by atoms with Crippen molar-refractivity contribution in [2.75, 3.05) is 0 Å². The number of hydrogen-bond donors (Lipinski definition) is 0. The van der Waals surface area contributed by atoms with Crippen LogP contribution in [0.4, 0.5) is 8.78 Å². The molecule has 1 saturated carbocycles. The van der Waals surface area contributed by atoms with Crippen molar-refractivity contribution in [2.45, 2.75) is 43.4 Å². The van der Waals surface area contributed by atoms with Crippen LogP contribution >= 0.6 is 15.9 Å². The third-order valence-corrected chi connectivity index (χ3v) is 4.60. The summed E-state index contributed by atoms with van der Waals surface area (Å²) in [7, 11) is 0. The summed E-state index contributed by atoms with van der Waals surface area (Å²) in [5.41, 5.74) is 2.71. The molecule has 0 aliphatic heterocycles. The molecule has 0 nitrogen and oxygen atoms in total. The highest BCUT2D eigenvalue weighted by molar-refractivity contribution is 9.10. The molecule has 1 aromatic carbocycles. The highest BCUT2D eigenvalue weighted by Gasteiger charge is 2.49. The van der Waals surface area contributed by atoms with Crippen LogP contribution in [-0.4, -0.2) is 5.92 Å². The lowest BCUT2D eigenvalue weighted by Gasteiger charge is -2.48. The lowest BCUT2D eigenvalue weighted by molar-refractivity contribution is -0.0553. The van der Waals surface area contributed by atoms with Crippen LogP contribution in [0.15, 0.2) is 22.7 Å². The van der Waals surface area contributed by atoms with E-state index < -0.39 is 5.92 Å². The molecular formula is C13H13BrF2. The predicted molar refractivity (Wildman–Crippen MR) is 62.9 cm³/mol. The van der Waals surface area contributed by atoms with Crippen molar-refractivity contribution in [3.63, 3.8) is 0 Å².